The highest BCUT2D eigenvalue weighted by Gasteiger charge is 2.26. The minimum absolute atomic E-state index is 0.0937. The Labute approximate surface area is 393 Å². The molecule has 10 aromatic rings. The average molecular weight is 877 g/mol. The number of furan rings is 2. The number of aliphatic hydroxyl groups excluding tert-OH is 1. The van der Waals surface area contributed by atoms with E-state index in [1.54, 1.807) is 6.08 Å². The number of aliphatic hydroxyl groups is 1. The van der Waals surface area contributed by atoms with Gasteiger partial charge in [-0.15, -0.1) is 0 Å². The van der Waals surface area contributed by atoms with Gasteiger partial charge in [-0.05, 0) is 114 Å². The van der Waals surface area contributed by atoms with Gasteiger partial charge in [0.2, 0.25) is 0 Å². The van der Waals surface area contributed by atoms with Gasteiger partial charge in [-0.25, -0.2) is 0 Å². The zero-order chi connectivity index (χ0) is 46.8. The monoisotopic (exact) mass is 876 g/mol. The summed E-state index contributed by atoms with van der Waals surface area (Å²) in [7, 11) is 0. The number of fused-ring (bicyclic) bond motifs is 8. The fraction of sp³-hybridized carbons (Fsp3) is 0.161. The van der Waals surface area contributed by atoms with Crippen LogP contribution in [0.3, 0.4) is 0 Å². The van der Waals surface area contributed by atoms with Crippen molar-refractivity contribution in [3.63, 3.8) is 0 Å². The van der Waals surface area contributed by atoms with E-state index in [2.05, 4.69) is 209 Å². The molecular formula is C62H56N2O3. The number of anilines is 6. The predicted octanol–water partition coefficient (Wildman–Crippen LogP) is 18.5. The van der Waals surface area contributed by atoms with Gasteiger partial charge in [0.1, 0.15) is 16.7 Å². The number of aryl methyl sites for hydroxylation is 2. The van der Waals surface area contributed by atoms with Crippen LogP contribution in [0, 0.1) is 19.3 Å². The van der Waals surface area contributed by atoms with E-state index < -0.39 is 0 Å². The lowest BCUT2D eigenvalue weighted by Crippen LogP contribution is -2.11. The number of hydrogen-bond acceptors (Lipinski definition) is 5. The van der Waals surface area contributed by atoms with E-state index in [0.717, 1.165) is 105 Å². The van der Waals surface area contributed by atoms with Crippen molar-refractivity contribution in [3.8, 4) is 0 Å². The highest BCUT2D eigenvalue weighted by Crippen LogP contribution is 2.48. The van der Waals surface area contributed by atoms with Crippen LogP contribution in [0.4, 0.5) is 34.1 Å². The summed E-state index contributed by atoms with van der Waals surface area (Å²) in [6.07, 6.45) is 5.56. The van der Waals surface area contributed by atoms with Crippen molar-refractivity contribution < 1.29 is 13.9 Å². The predicted molar refractivity (Wildman–Crippen MR) is 284 cm³/mol. The number of hydrogen-bond donors (Lipinski definition) is 1. The molecule has 10 rings (SSSR count). The first-order chi connectivity index (χ1) is 32.1. The molecule has 0 bridgehead atoms. The second-order valence-electron chi connectivity index (χ2n) is 19.9. The van der Waals surface area contributed by atoms with Crippen LogP contribution in [0.15, 0.2) is 197 Å². The lowest BCUT2D eigenvalue weighted by molar-refractivity contribution is 0.277. The first-order valence-electron chi connectivity index (χ1n) is 23.1. The van der Waals surface area contributed by atoms with Crippen molar-refractivity contribution in [2.24, 2.45) is 5.41 Å². The van der Waals surface area contributed by atoms with Crippen molar-refractivity contribution in [1.29, 1.82) is 0 Å². The van der Waals surface area contributed by atoms with Crippen molar-refractivity contribution in [2.45, 2.75) is 60.8 Å². The smallest absolute Gasteiger partial charge is 0.159 e. The summed E-state index contributed by atoms with van der Waals surface area (Å²) >= 11 is 0. The molecule has 0 aliphatic carbocycles. The van der Waals surface area contributed by atoms with Gasteiger partial charge in [0.05, 0.1) is 17.1 Å². The summed E-state index contributed by atoms with van der Waals surface area (Å²) in [4.78, 5) is 4.64. The number of benzene rings is 8. The van der Waals surface area contributed by atoms with Gasteiger partial charge in [-0.3, -0.25) is 0 Å². The van der Waals surface area contributed by atoms with Gasteiger partial charge < -0.3 is 23.7 Å². The van der Waals surface area contributed by atoms with Crippen molar-refractivity contribution in [1.82, 2.24) is 0 Å². The van der Waals surface area contributed by atoms with Gasteiger partial charge in [0, 0.05) is 66.7 Å². The van der Waals surface area contributed by atoms with Crippen LogP contribution in [0.1, 0.15) is 63.8 Å². The first kappa shape index (κ1) is 43.1. The SMILES string of the molecule is C=C(/C=C\C=C(/O)C(C)(C)C)c1cccc(N(c2cccc(C)c2)c2cc3oc4ccc(N(c5cccc(C)c5)c5cccc6c5oc5c(C(C)(C)C)cccc56)cc4c3c3ccccc23)c1. The highest BCUT2D eigenvalue weighted by molar-refractivity contribution is 6.23. The summed E-state index contributed by atoms with van der Waals surface area (Å²) in [5.74, 6) is 0.318. The Morgan fingerprint density at radius 1 is 0.522 bits per heavy atom. The van der Waals surface area contributed by atoms with Crippen molar-refractivity contribution >= 4 is 94.3 Å². The molecule has 8 aromatic carbocycles. The van der Waals surface area contributed by atoms with E-state index in [9.17, 15) is 5.11 Å². The van der Waals surface area contributed by atoms with E-state index in [-0.39, 0.29) is 10.8 Å². The molecule has 2 aromatic heterocycles. The molecule has 0 saturated carbocycles. The quantitative estimate of drug-likeness (QED) is 0.116. The van der Waals surface area contributed by atoms with Crippen LogP contribution >= 0.6 is 0 Å². The molecule has 0 saturated heterocycles. The highest BCUT2D eigenvalue weighted by atomic mass is 16.3. The van der Waals surface area contributed by atoms with Gasteiger partial charge in [0.15, 0.2) is 5.58 Å². The second kappa shape index (κ2) is 16.6. The summed E-state index contributed by atoms with van der Waals surface area (Å²) in [5, 5.41) is 17.0. The molecule has 332 valence electrons. The van der Waals surface area contributed by atoms with Crippen LogP contribution in [-0.4, -0.2) is 5.11 Å². The Morgan fingerprint density at radius 3 is 1.78 bits per heavy atom. The van der Waals surface area contributed by atoms with E-state index in [1.165, 1.54) is 11.1 Å². The van der Waals surface area contributed by atoms with E-state index >= 15 is 0 Å². The Morgan fingerprint density at radius 2 is 1.10 bits per heavy atom. The van der Waals surface area contributed by atoms with Crippen LogP contribution in [-0.2, 0) is 5.41 Å². The molecule has 1 N–H and O–H groups in total. The normalized spacial score (nSPS) is 12.6. The third kappa shape index (κ3) is 7.95. The Kier molecular flexibility index (Phi) is 10.7. The van der Waals surface area contributed by atoms with Crippen LogP contribution in [0.5, 0.6) is 0 Å². The number of nitrogens with zero attached hydrogens (tertiary/aromatic N) is 2. The maximum absolute atomic E-state index is 10.6. The zero-order valence-corrected chi connectivity index (χ0v) is 39.6. The van der Waals surface area contributed by atoms with Gasteiger partial charge in [-0.1, -0.05) is 151 Å². The molecule has 5 heteroatoms. The maximum atomic E-state index is 10.6. The maximum Gasteiger partial charge on any atom is 0.159 e. The van der Waals surface area contributed by atoms with Crippen molar-refractivity contribution in [2.75, 3.05) is 9.80 Å². The Balaban J connectivity index is 1.15. The molecule has 67 heavy (non-hydrogen) atoms. The number of rotatable bonds is 9. The third-order valence-corrected chi connectivity index (χ3v) is 12.8. The van der Waals surface area contributed by atoms with Gasteiger partial charge >= 0.3 is 0 Å². The summed E-state index contributed by atoms with van der Waals surface area (Å²) in [6, 6.07) is 56.1. The van der Waals surface area contributed by atoms with E-state index in [1.807, 2.05) is 32.9 Å². The summed E-state index contributed by atoms with van der Waals surface area (Å²) in [5.41, 5.74) is 14.3. The fourth-order valence-corrected chi connectivity index (χ4v) is 9.34. The fourth-order valence-electron chi connectivity index (χ4n) is 9.34. The molecule has 0 atom stereocenters. The lowest BCUT2D eigenvalue weighted by Gasteiger charge is -2.28. The van der Waals surface area contributed by atoms with Crippen molar-refractivity contribution in [3.05, 3.63) is 211 Å². The molecule has 0 aliphatic heterocycles. The molecule has 0 spiro atoms. The van der Waals surface area contributed by atoms with Crippen LogP contribution in [0.25, 0.3) is 60.2 Å². The van der Waals surface area contributed by atoms with Crippen LogP contribution in [0.2, 0.25) is 0 Å². The largest absolute Gasteiger partial charge is 0.512 e. The molecular weight excluding hydrogens is 821 g/mol. The molecule has 0 radical (unpaired) electrons. The minimum Gasteiger partial charge on any atom is -0.512 e. The summed E-state index contributed by atoms with van der Waals surface area (Å²) < 4.78 is 13.9. The molecule has 0 aliphatic rings. The molecule has 2 heterocycles. The third-order valence-electron chi connectivity index (χ3n) is 12.8. The standard InChI is InChI=1S/C62H56N2O3/c1-39-18-12-22-43(34-39)63(53-30-17-28-50-49-27-16-29-52(61(4,5)6)59(49)67-60(50)53)46-32-33-55-51(37-46)58-48-26-11-10-25-47(48)54(38-56(58)66-55)64(44-23-13-19-40(2)35-44)45-24-15-21-42(36-45)41(3)20-14-31-57(65)62(7,8)9/h10-38,65H,3H2,1-2,4-9H3/b20-14-,57-31-. The van der Waals surface area contributed by atoms with Crippen LogP contribution < -0.4 is 9.80 Å². The second-order valence-corrected chi connectivity index (χ2v) is 19.9. The zero-order valence-electron chi connectivity index (χ0n) is 39.6. The lowest BCUT2D eigenvalue weighted by atomic mass is 9.86. The molecule has 5 nitrogen and oxygen atoms in total. The Bertz CT molecular complexity index is 3620. The number of allylic oxidation sites excluding steroid dienone is 5. The number of para-hydroxylation sites is 2. The molecule has 0 fully saturated rings. The van der Waals surface area contributed by atoms with Gasteiger partial charge in [0.25, 0.3) is 0 Å². The molecule has 0 unspecified atom stereocenters. The Hall–Kier alpha value is -7.76. The average Bonchev–Trinajstić information content (AvgIpc) is 3.87. The minimum atomic E-state index is -0.337. The van der Waals surface area contributed by atoms with Gasteiger partial charge in [-0.2, -0.15) is 0 Å². The topological polar surface area (TPSA) is 53.0 Å². The molecule has 0 amide bonds. The van der Waals surface area contributed by atoms with E-state index in [4.69, 9.17) is 8.83 Å². The first-order valence-corrected chi connectivity index (χ1v) is 23.1. The van der Waals surface area contributed by atoms with E-state index in [0.29, 0.717) is 5.76 Å². The summed E-state index contributed by atoms with van der Waals surface area (Å²) in [6.45, 7) is 21.4.